The van der Waals surface area contributed by atoms with Crippen molar-refractivity contribution in [1.29, 1.82) is 0 Å². The van der Waals surface area contributed by atoms with Crippen molar-refractivity contribution in [2.45, 2.75) is 50.7 Å². The first-order valence-electron chi connectivity index (χ1n) is 22.9. The van der Waals surface area contributed by atoms with Crippen molar-refractivity contribution < 1.29 is 29.1 Å². The fourth-order valence-corrected chi connectivity index (χ4v) is 14.0. The van der Waals surface area contributed by atoms with Gasteiger partial charge in [-0.15, -0.1) is 0 Å². The van der Waals surface area contributed by atoms with Crippen molar-refractivity contribution in [3.8, 4) is 11.4 Å². The average molecular weight is 1120 g/mol. The molecule has 1 aliphatic heterocycles. The maximum Gasteiger partial charge on any atom is -0.0134 e. The molecule has 1 atom stereocenters. The predicted octanol–water partition coefficient (Wildman–Crippen LogP) is 11.3. The van der Waals surface area contributed by atoms with Gasteiger partial charge >= 0.3 is 35.0 Å². The van der Waals surface area contributed by atoms with Gasteiger partial charge in [-0.25, -0.2) is 18.4 Å². The van der Waals surface area contributed by atoms with Gasteiger partial charge in [0.1, 0.15) is 10.6 Å². The number of aromatic nitrogens is 2. The van der Waals surface area contributed by atoms with Gasteiger partial charge in [-0.2, -0.15) is 0 Å². The molecule has 7 nitrogen and oxygen atoms in total. The van der Waals surface area contributed by atoms with Gasteiger partial charge in [0.15, 0.2) is 15.7 Å². The summed E-state index contributed by atoms with van der Waals surface area (Å²) in [6, 6.07) is 73.9. The molecular weight excluding hydrogens is 1060 g/mol. The fourth-order valence-electron chi connectivity index (χ4n) is 7.81. The zero-order valence-corrected chi connectivity index (χ0v) is 45.7. The molecule has 2 N–H and O–H groups in total. The Morgan fingerprint density at radius 1 is 0.614 bits per heavy atom. The largest absolute Gasteiger partial charge is 0.0622 e. The number of hydrogen-bond acceptors (Lipinski definition) is 7. The minimum Gasteiger partial charge on any atom is -0.0622 e. The number of halogens is 2. The van der Waals surface area contributed by atoms with E-state index in [1.54, 1.807) is 39.8 Å². The van der Waals surface area contributed by atoms with Gasteiger partial charge in [-0.1, -0.05) is 182 Å². The molecule has 0 saturated carbocycles. The number of hydrogen-bond donors (Lipinski definition) is 1. The Bertz CT molecular complexity index is 2580. The summed E-state index contributed by atoms with van der Waals surface area (Å²) >= 11 is -0.106. The monoisotopic (exact) mass is 1120 g/mol. The van der Waals surface area contributed by atoms with Crippen LogP contribution in [-0.2, 0) is 35.3 Å². The van der Waals surface area contributed by atoms with E-state index in [9.17, 15) is 8.42 Å². The third-order valence-electron chi connectivity index (χ3n) is 11.6. The van der Waals surface area contributed by atoms with E-state index < -0.39 is 35.7 Å². The number of anilines is 2. The molecular formula is C57H60Cl2N4O3P2PdS. The van der Waals surface area contributed by atoms with E-state index in [4.69, 9.17) is 34.5 Å². The molecule has 7 aromatic carbocycles. The quantitative estimate of drug-likeness (QED) is 0.0783. The Kier molecular flexibility index (Phi) is 21.2. The smallest absolute Gasteiger partial charge is 0.0134 e. The molecule has 1 fully saturated rings. The van der Waals surface area contributed by atoms with Crippen LogP contribution in [0, 0.1) is 0 Å². The Balaban J connectivity index is 0.000000172. The van der Waals surface area contributed by atoms with Crippen molar-refractivity contribution in [2.75, 3.05) is 30.4 Å². The molecule has 9 rings (SSSR count). The van der Waals surface area contributed by atoms with Crippen LogP contribution in [0.5, 0.6) is 0 Å². The Labute approximate surface area is 434 Å². The van der Waals surface area contributed by atoms with Gasteiger partial charge < -0.3 is 15.4 Å². The summed E-state index contributed by atoms with van der Waals surface area (Å²) in [5.41, 5.74) is 7.75. The molecule has 0 unspecified atom stereocenters. The van der Waals surface area contributed by atoms with E-state index in [1.165, 1.54) is 31.8 Å². The van der Waals surface area contributed by atoms with Crippen LogP contribution in [-0.4, -0.2) is 49.4 Å². The number of nitrogens with zero attached hydrogens (tertiary/aromatic N) is 3. The average Bonchev–Trinajstić information content (AvgIpc) is 3.39. The molecule has 70 heavy (non-hydrogen) atoms. The predicted molar refractivity (Wildman–Crippen MR) is 299 cm³/mol. The van der Waals surface area contributed by atoms with E-state index in [0.717, 1.165) is 5.56 Å². The van der Waals surface area contributed by atoms with Crippen LogP contribution in [0.1, 0.15) is 40.3 Å². The number of sulfone groups is 1. The maximum absolute atomic E-state index is 13.1. The molecule has 0 amide bonds. The van der Waals surface area contributed by atoms with E-state index in [2.05, 4.69) is 199 Å². The standard InChI is InChI=1S/C21H30N4O3S.2C18H15P.2ClH.Pd/c1-14(2)29(26,27)21(4,5)18-12-19(25-10-11-28-13-15(25)3)24-20(23-18)16-6-8-17(22)9-7-16;2*1-4-10-16(11-5-1)19(17-12-6-2-7-13-17)18-14-8-3-9-15-18;;;/h6-9,12,14-15H,10-11,13,22H2,1-5H3;2*1-15H;2*1H;/q;;;;;+2/p-2/t15-;;;;;/m0...../s1. The number of rotatable bonds is 11. The first kappa shape index (κ1) is 54.6. The third kappa shape index (κ3) is 14.7. The molecule has 1 aromatic heterocycles. The van der Waals surface area contributed by atoms with Crippen molar-refractivity contribution >= 4 is 88.1 Å². The Morgan fingerprint density at radius 2 is 0.957 bits per heavy atom. The second-order valence-electron chi connectivity index (χ2n) is 17.0. The number of nitrogen functional groups attached to an aromatic ring is 1. The van der Waals surface area contributed by atoms with Gasteiger partial charge in [0, 0.05) is 23.9 Å². The first-order chi connectivity index (χ1) is 33.8. The van der Waals surface area contributed by atoms with Crippen LogP contribution < -0.4 is 42.5 Å². The van der Waals surface area contributed by atoms with Gasteiger partial charge in [0.2, 0.25) is 0 Å². The second kappa shape index (κ2) is 27.2. The van der Waals surface area contributed by atoms with E-state index in [1.807, 2.05) is 18.2 Å². The van der Waals surface area contributed by atoms with Crippen LogP contribution in [0.2, 0.25) is 0 Å². The number of benzene rings is 7. The van der Waals surface area contributed by atoms with E-state index in [-0.39, 0.29) is 22.0 Å². The van der Waals surface area contributed by atoms with Crippen LogP contribution in [0.4, 0.5) is 11.5 Å². The normalized spacial score (nSPS) is 13.6. The van der Waals surface area contributed by atoms with Gasteiger partial charge in [0.25, 0.3) is 0 Å². The number of ether oxygens (including phenoxy) is 1. The van der Waals surface area contributed by atoms with Crippen LogP contribution >= 0.6 is 34.9 Å². The molecule has 1 saturated heterocycles. The van der Waals surface area contributed by atoms with Crippen molar-refractivity contribution in [2.24, 2.45) is 0 Å². The minimum absolute atomic E-state index is 0.106. The molecule has 8 aromatic rings. The molecule has 2 heterocycles. The van der Waals surface area contributed by atoms with Crippen LogP contribution in [0.25, 0.3) is 11.4 Å². The summed E-state index contributed by atoms with van der Waals surface area (Å²) in [5, 5.41) is 7.87. The summed E-state index contributed by atoms with van der Waals surface area (Å²) in [7, 11) is 5.29. The number of nitrogens with two attached hydrogens (primary N) is 1. The molecule has 13 heteroatoms. The minimum atomic E-state index is -3.45. The Morgan fingerprint density at radius 3 is 1.27 bits per heavy atom. The molecule has 0 bridgehead atoms. The molecule has 1 aliphatic rings. The van der Waals surface area contributed by atoms with Crippen LogP contribution in [0.3, 0.4) is 0 Å². The summed E-state index contributed by atoms with van der Waals surface area (Å²) < 4.78 is 30.6. The van der Waals surface area contributed by atoms with Crippen LogP contribution in [0.15, 0.2) is 212 Å². The molecule has 0 spiro atoms. The first-order valence-corrected chi connectivity index (χ1v) is 31.1. The third-order valence-corrected chi connectivity index (χ3v) is 19.3. The zero-order valence-electron chi connectivity index (χ0n) is 40.0. The Hall–Kier alpha value is -4.77. The topological polar surface area (TPSA) is 98.4 Å². The van der Waals surface area contributed by atoms with E-state index in [0.29, 0.717) is 42.8 Å². The SMILES string of the molecule is CC(C)S(=O)(=O)C(C)(C)c1cc(N2CCOC[C@@H]2C)nc(-c2ccc(N)cc2)n1.[Cl][Pd][Cl].c1ccc(P(c2ccccc2)c2ccccc2)cc1.c1ccc(P(c2ccccc2)c2ccccc2)cc1. The second-order valence-corrected chi connectivity index (χ2v) is 26.9. The van der Waals surface area contributed by atoms with Crippen molar-refractivity contribution in [3.05, 3.63) is 218 Å². The maximum atomic E-state index is 13.1. The zero-order chi connectivity index (χ0) is 49.9. The van der Waals surface area contributed by atoms with Crippen molar-refractivity contribution in [1.82, 2.24) is 9.97 Å². The summed E-state index contributed by atoms with van der Waals surface area (Å²) in [4.78, 5) is 11.6. The van der Waals surface area contributed by atoms with Gasteiger partial charge in [-0.3, -0.25) is 0 Å². The molecule has 0 aliphatic carbocycles. The van der Waals surface area contributed by atoms with Gasteiger partial charge in [-0.05, 0) is 107 Å². The fraction of sp³-hybridized carbons (Fsp3) is 0.193. The van der Waals surface area contributed by atoms with E-state index >= 15 is 0 Å². The molecule has 0 radical (unpaired) electrons. The summed E-state index contributed by atoms with van der Waals surface area (Å²) in [5.74, 6) is 1.20. The number of morpholine rings is 1. The van der Waals surface area contributed by atoms with Crippen molar-refractivity contribution in [3.63, 3.8) is 0 Å². The van der Waals surface area contributed by atoms with Gasteiger partial charge in [0.05, 0.1) is 30.2 Å². The summed E-state index contributed by atoms with van der Waals surface area (Å²) in [6.45, 7) is 10.8. The summed E-state index contributed by atoms with van der Waals surface area (Å²) in [6.07, 6.45) is 0. The molecule has 366 valence electrons.